The van der Waals surface area contributed by atoms with Gasteiger partial charge in [0.15, 0.2) is 0 Å². The van der Waals surface area contributed by atoms with Crippen molar-refractivity contribution in [3.05, 3.63) is 140 Å². The van der Waals surface area contributed by atoms with Crippen LogP contribution in [-0.4, -0.2) is 126 Å². The second kappa shape index (κ2) is 26.4. The molecule has 360 valence electrons. The van der Waals surface area contributed by atoms with Crippen LogP contribution in [0, 0.1) is 23.9 Å². The largest absolute Gasteiger partial charge is 0.351 e. The number of carbonyl (C=O) groups is 3. The molecule has 9 rings (SSSR count). The lowest BCUT2D eigenvalue weighted by atomic mass is 10.3. The number of hydrogen-bond acceptors (Lipinski definition) is 18. The topological polar surface area (TPSA) is 358 Å². The lowest BCUT2D eigenvalue weighted by Gasteiger charge is -2.06. The van der Waals surface area contributed by atoms with Gasteiger partial charge in [0.25, 0.3) is 0 Å². The van der Waals surface area contributed by atoms with Crippen LogP contribution in [0.15, 0.2) is 116 Å². The summed E-state index contributed by atoms with van der Waals surface area (Å²) < 4.78 is 9.67. The van der Waals surface area contributed by atoms with Crippen molar-refractivity contribution in [2.45, 2.75) is 13.5 Å². The molecule has 0 radical (unpaired) electrons. The number of urea groups is 2. The Morgan fingerprint density at radius 3 is 1.26 bits per heavy atom. The Bertz CT molecular complexity index is 3330. The molecule has 5 aromatic heterocycles. The van der Waals surface area contributed by atoms with E-state index in [9.17, 15) is 14.4 Å². The quantitative estimate of drug-likeness (QED) is 0.0670. The molecule has 0 spiro atoms. The number of rotatable bonds is 9. The summed E-state index contributed by atoms with van der Waals surface area (Å²) in [5, 5.41) is 59.4. The first kappa shape index (κ1) is 52.1. The second-order valence-corrected chi connectivity index (χ2v) is 14.8. The summed E-state index contributed by atoms with van der Waals surface area (Å²) >= 11 is 24.6. The van der Waals surface area contributed by atoms with Crippen LogP contribution in [0.4, 0.5) is 26.7 Å². The molecule has 28 nitrogen and oxygen atoms in total. The highest BCUT2D eigenvalue weighted by atomic mass is 32.1. The van der Waals surface area contributed by atoms with Gasteiger partial charge >= 0.3 is 12.1 Å². The van der Waals surface area contributed by atoms with E-state index in [1.807, 2.05) is 48.5 Å². The van der Waals surface area contributed by atoms with Crippen LogP contribution in [0.1, 0.15) is 6.92 Å². The molecule has 11 N–H and O–H groups in total. The van der Waals surface area contributed by atoms with Crippen molar-refractivity contribution in [3.63, 3.8) is 0 Å². The van der Waals surface area contributed by atoms with E-state index in [4.69, 9.17) is 66.8 Å². The molecule has 0 saturated heterocycles. The van der Waals surface area contributed by atoms with Gasteiger partial charge in [-0.1, -0.05) is 94.0 Å². The molecule has 9 aromatic rings. The van der Waals surface area contributed by atoms with Crippen molar-refractivity contribution in [2.75, 3.05) is 23.0 Å². The highest BCUT2D eigenvalue weighted by molar-refractivity contribution is 7.72. The Morgan fingerprint density at radius 1 is 0.543 bits per heavy atom. The summed E-state index contributed by atoms with van der Waals surface area (Å²) in [6.07, 6.45) is 1.72. The molecule has 5 amide bonds. The van der Waals surface area contributed by atoms with Gasteiger partial charge in [-0.25, -0.2) is 33.0 Å². The smallest absolute Gasteiger partial charge is 0.318 e. The molecule has 4 aromatic carbocycles. The number of nitrogens with one attached hydrogen (secondary N) is 9. The summed E-state index contributed by atoms with van der Waals surface area (Å²) in [4.78, 5) is 32.8. The van der Waals surface area contributed by atoms with E-state index >= 15 is 0 Å². The Morgan fingerprint density at radius 2 is 0.914 bits per heavy atom. The van der Waals surface area contributed by atoms with E-state index in [1.54, 1.807) is 81.8 Å². The number of aromatic nitrogens is 20. The van der Waals surface area contributed by atoms with Crippen molar-refractivity contribution in [2.24, 2.45) is 5.73 Å². The van der Waals surface area contributed by atoms with E-state index < -0.39 is 6.03 Å². The maximum absolute atomic E-state index is 11.2. The molecule has 5 heterocycles. The summed E-state index contributed by atoms with van der Waals surface area (Å²) in [7, 11) is 1.55. The number of anilines is 3. The van der Waals surface area contributed by atoms with Gasteiger partial charge in [-0.3, -0.25) is 4.79 Å². The van der Waals surface area contributed by atoms with E-state index in [-0.39, 0.29) is 11.9 Å². The van der Waals surface area contributed by atoms with Crippen LogP contribution in [0.2, 0.25) is 0 Å². The first-order chi connectivity index (χ1) is 33.8. The van der Waals surface area contributed by atoms with Crippen molar-refractivity contribution < 1.29 is 14.4 Å². The Labute approximate surface area is 419 Å². The zero-order valence-electron chi connectivity index (χ0n) is 36.4. The van der Waals surface area contributed by atoms with E-state index in [1.165, 1.54) is 16.3 Å². The molecule has 0 unspecified atom stereocenters. The van der Waals surface area contributed by atoms with Crippen LogP contribution in [-0.2, 0) is 11.3 Å². The first-order valence-corrected chi connectivity index (χ1v) is 21.6. The molecule has 33 heteroatoms. The van der Waals surface area contributed by atoms with Crippen LogP contribution >= 0.6 is 61.1 Å². The number of primary amides is 1. The van der Waals surface area contributed by atoms with Gasteiger partial charge in [0.05, 0.1) is 29.3 Å². The third-order valence-electron chi connectivity index (χ3n) is 8.13. The minimum atomic E-state index is -0.622. The SMILES string of the molecule is C=CCn1[nH]nnc1=S.CC(=O)Nc1cccc(-n2[nH]nnc2=S)c1.CNC(=O)Nc1cccc(-n2[nH]nnc2=S)c1.NC(=O)Nc1cccc(-n2[nH]nnc2=S)c1.S=c1nn[nH]n1-c1ccccc1. The number of allylic oxidation sites excluding steroid dienone is 1. The number of hydrogen-bond donors (Lipinski definition) is 10. The fourth-order valence-corrected chi connectivity index (χ4v) is 6.11. The summed E-state index contributed by atoms with van der Waals surface area (Å²) in [5.74, 6) is -0.122. The van der Waals surface area contributed by atoms with Gasteiger partial charge in [-0.15, -0.1) is 6.58 Å². The fraction of sp³-hybridized carbons (Fsp3) is 0.0811. The normalized spacial score (nSPS) is 9.91. The molecule has 0 aliphatic heterocycles. The van der Waals surface area contributed by atoms with Crippen molar-refractivity contribution in [3.8, 4) is 22.7 Å². The average Bonchev–Trinajstić information content (AvgIpc) is 4.22. The predicted octanol–water partition coefficient (Wildman–Crippen LogP) is 5.02. The van der Waals surface area contributed by atoms with Gasteiger partial charge < -0.3 is 27.0 Å². The zero-order valence-corrected chi connectivity index (χ0v) is 40.4. The van der Waals surface area contributed by atoms with Crippen LogP contribution < -0.4 is 27.0 Å². The van der Waals surface area contributed by atoms with Crippen molar-refractivity contribution >= 4 is 96.1 Å². The number of benzene rings is 4. The number of aromatic amines is 5. The highest BCUT2D eigenvalue weighted by Gasteiger charge is 2.05. The standard InChI is InChI=1S/C9H10N6OS.C9H9N5OS.C8H8N6OS.C7H6N4S.C4H6N4S/c1-10-8(16)11-6-3-2-4-7(5-6)15-9(17)12-13-14-15;1-6(15)10-7-3-2-4-8(5-7)14-9(16)11-12-13-14;9-7(15)10-5-2-1-3-6(4-5)14-8(16)11-12-13-14;12-7-8-9-10-11(7)6-4-2-1-3-5-6;1-2-3-8-4(9)5-6-7-8/h2-5H,1H3,(H2,10,11,16)(H,12,14,17);2-5H,1H3,(H,10,15)(H,11,13,16);1-4H,(H3,9,10,15)(H,11,13,16);1-5H,(H,8,10,12);2H,1,3H2,(H,5,7,9). The number of para-hydroxylation sites is 1. The zero-order chi connectivity index (χ0) is 50.4. The summed E-state index contributed by atoms with van der Waals surface area (Å²) in [6, 6.07) is 30.0. The van der Waals surface area contributed by atoms with Gasteiger partial charge in [0.2, 0.25) is 29.8 Å². The summed E-state index contributed by atoms with van der Waals surface area (Å²) in [5.41, 5.74) is 10.1. The second-order valence-electron chi connectivity index (χ2n) is 13.0. The third kappa shape index (κ3) is 15.9. The molecule has 0 atom stereocenters. The molecule has 0 fully saturated rings. The molecule has 0 bridgehead atoms. The Hall–Kier alpha value is -8.92. The maximum atomic E-state index is 11.2. The molecular weight excluding hydrogens is 1000 g/mol. The molecule has 0 aliphatic rings. The van der Waals surface area contributed by atoms with E-state index in [2.05, 4.69) is 105 Å². The average molecular weight is 1040 g/mol. The summed E-state index contributed by atoms with van der Waals surface area (Å²) in [6.45, 7) is 5.62. The molecule has 0 saturated carbocycles. The van der Waals surface area contributed by atoms with Gasteiger partial charge in [-0.2, -0.15) is 26.1 Å². The van der Waals surface area contributed by atoms with E-state index in [0.29, 0.717) is 53.1 Å². The minimum absolute atomic E-state index is 0.122. The predicted molar refractivity (Wildman–Crippen MR) is 267 cm³/mol. The maximum Gasteiger partial charge on any atom is 0.318 e. The van der Waals surface area contributed by atoms with Crippen molar-refractivity contribution in [1.82, 2.24) is 106 Å². The van der Waals surface area contributed by atoms with E-state index in [0.717, 1.165) is 17.1 Å². The van der Waals surface area contributed by atoms with Gasteiger partial charge in [0, 0.05) is 31.0 Å². The number of nitrogens with zero attached hydrogens (tertiary/aromatic N) is 15. The number of carbonyl (C=O) groups excluding carboxylic acids is 3. The fourth-order valence-electron chi connectivity index (χ4n) is 5.21. The number of tetrazole rings is 5. The number of nitrogens with two attached hydrogens (primary N) is 1. The van der Waals surface area contributed by atoms with Gasteiger partial charge in [0.1, 0.15) is 0 Å². The van der Waals surface area contributed by atoms with Gasteiger partial charge in [-0.05, 0) is 128 Å². The molecule has 70 heavy (non-hydrogen) atoms. The van der Waals surface area contributed by atoms with Crippen LogP contribution in [0.25, 0.3) is 22.7 Å². The lowest BCUT2D eigenvalue weighted by molar-refractivity contribution is -0.114. The lowest BCUT2D eigenvalue weighted by Crippen LogP contribution is -2.24. The molecular formula is C37H39N25O3S5. The Balaban J connectivity index is 0.000000165. The molecule has 0 aliphatic carbocycles. The van der Waals surface area contributed by atoms with Crippen LogP contribution in [0.3, 0.4) is 0 Å². The van der Waals surface area contributed by atoms with Crippen LogP contribution in [0.5, 0.6) is 0 Å². The number of amides is 5. The highest BCUT2D eigenvalue weighted by Crippen LogP contribution is 2.16. The van der Waals surface area contributed by atoms with Crippen molar-refractivity contribution in [1.29, 1.82) is 0 Å². The first-order valence-electron chi connectivity index (χ1n) is 19.5. The monoisotopic (exact) mass is 1040 g/mol. The Kier molecular flexibility index (Phi) is 19.7. The number of H-pyrrole nitrogens is 5. The third-order valence-corrected chi connectivity index (χ3v) is 9.49. The minimum Gasteiger partial charge on any atom is -0.351 e.